The van der Waals surface area contributed by atoms with Crippen molar-refractivity contribution in [2.24, 2.45) is 0 Å². The molecule has 0 aromatic heterocycles. The fourth-order valence-corrected chi connectivity index (χ4v) is 1.76. The molecule has 0 N–H and O–H groups in total. The van der Waals surface area contributed by atoms with Crippen LogP contribution < -0.4 is 4.74 Å². The van der Waals surface area contributed by atoms with Crippen molar-refractivity contribution in [3.8, 4) is 11.8 Å². The Balaban J connectivity index is 1.63. The van der Waals surface area contributed by atoms with Crippen molar-refractivity contribution < 1.29 is 23.8 Å². The molecule has 2 aromatic rings. The number of rotatable bonds is 7. The second kappa shape index (κ2) is 8.96. The van der Waals surface area contributed by atoms with Crippen LogP contribution in [0, 0.1) is 11.3 Å². The molecular formula is C18H15NO5. The second-order valence-corrected chi connectivity index (χ2v) is 4.65. The van der Waals surface area contributed by atoms with Gasteiger partial charge in [0.1, 0.15) is 19.0 Å². The average Bonchev–Trinajstić information content (AvgIpc) is 2.64. The fraction of sp³-hybridized carbons (Fsp3) is 0.167. The van der Waals surface area contributed by atoms with Crippen LogP contribution in [0.3, 0.4) is 0 Å². The van der Waals surface area contributed by atoms with Crippen molar-refractivity contribution >= 4 is 11.9 Å². The molecular weight excluding hydrogens is 310 g/mol. The van der Waals surface area contributed by atoms with Crippen molar-refractivity contribution in [3.63, 3.8) is 0 Å². The maximum Gasteiger partial charge on any atom is 0.344 e. The van der Waals surface area contributed by atoms with Crippen molar-refractivity contribution in [1.29, 1.82) is 5.26 Å². The Labute approximate surface area is 139 Å². The predicted molar refractivity (Wildman–Crippen MR) is 84.3 cm³/mol. The number of hydrogen-bond acceptors (Lipinski definition) is 6. The molecule has 0 saturated heterocycles. The first-order valence-corrected chi connectivity index (χ1v) is 7.20. The Hall–Kier alpha value is -3.33. The minimum atomic E-state index is -0.574. The molecule has 0 aliphatic heterocycles. The van der Waals surface area contributed by atoms with E-state index in [1.807, 2.05) is 6.07 Å². The second-order valence-electron chi connectivity index (χ2n) is 4.65. The van der Waals surface area contributed by atoms with Gasteiger partial charge < -0.3 is 14.2 Å². The summed E-state index contributed by atoms with van der Waals surface area (Å²) in [5, 5.41) is 8.68. The third kappa shape index (κ3) is 5.46. The van der Waals surface area contributed by atoms with Crippen molar-refractivity contribution in [2.45, 2.75) is 0 Å². The van der Waals surface area contributed by atoms with Crippen molar-refractivity contribution in [1.82, 2.24) is 0 Å². The lowest BCUT2D eigenvalue weighted by Gasteiger charge is -2.08. The van der Waals surface area contributed by atoms with Crippen LogP contribution in [-0.2, 0) is 14.3 Å². The van der Waals surface area contributed by atoms with E-state index < -0.39 is 11.9 Å². The highest BCUT2D eigenvalue weighted by Gasteiger charge is 2.08. The lowest BCUT2D eigenvalue weighted by atomic mass is 10.2. The van der Waals surface area contributed by atoms with Crippen LogP contribution >= 0.6 is 0 Å². The molecule has 2 rings (SSSR count). The molecule has 0 aliphatic carbocycles. The molecule has 6 nitrogen and oxygen atoms in total. The Bertz CT molecular complexity index is 719. The molecule has 0 spiro atoms. The number of nitrogens with zero attached hydrogens (tertiary/aromatic N) is 1. The van der Waals surface area contributed by atoms with Gasteiger partial charge in [-0.3, -0.25) is 0 Å². The lowest BCUT2D eigenvalue weighted by Crippen LogP contribution is -2.18. The molecule has 2 aromatic carbocycles. The molecule has 0 heterocycles. The molecule has 0 aliphatic rings. The number of ether oxygens (including phenoxy) is 3. The van der Waals surface area contributed by atoms with Gasteiger partial charge in [-0.05, 0) is 36.4 Å². The minimum absolute atomic E-state index is 0.0314. The average molecular weight is 325 g/mol. The van der Waals surface area contributed by atoms with Gasteiger partial charge in [-0.25, -0.2) is 9.59 Å². The van der Waals surface area contributed by atoms with Gasteiger partial charge in [-0.15, -0.1) is 0 Å². The van der Waals surface area contributed by atoms with Gasteiger partial charge in [-0.2, -0.15) is 5.26 Å². The number of carbonyl (C=O) groups excluding carboxylic acids is 2. The molecule has 0 saturated carbocycles. The van der Waals surface area contributed by atoms with Crippen molar-refractivity contribution in [2.75, 3.05) is 19.8 Å². The molecule has 0 fully saturated rings. The first-order chi connectivity index (χ1) is 11.7. The maximum atomic E-state index is 11.6. The van der Waals surface area contributed by atoms with E-state index in [1.165, 1.54) is 0 Å². The summed E-state index contributed by atoms with van der Waals surface area (Å²) in [5.74, 6) is -0.586. The van der Waals surface area contributed by atoms with E-state index in [2.05, 4.69) is 0 Å². The van der Waals surface area contributed by atoms with E-state index in [1.54, 1.807) is 54.6 Å². The molecule has 0 atom stereocenters. The molecule has 122 valence electrons. The van der Waals surface area contributed by atoms with Gasteiger partial charge in [0.15, 0.2) is 6.61 Å². The number of nitriles is 1. The summed E-state index contributed by atoms with van der Waals surface area (Å²) in [6, 6.07) is 16.9. The summed E-state index contributed by atoms with van der Waals surface area (Å²) in [5.41, 5.74) is 0.943. The number of hydrogen-bond donors (Lipinski definition) is 0. The molecule has 0 bridgehead atoms. The SMILES string of the molecule is N#Cc1ccc(OCC(=O)OCCOC(=O)c2ccccc2)cc1. The van der Waals surface area contributed by atoms with E-state index in [4.69, 9.17) is 19.5 Å². The van der Waals surface area contributed by atoms with E-state index in [-0.39, 0.29) is 19.8 Å². The Morgan fingerprint density at radius 3 is 2.25 bits per heavy atom. The van der Waals surface area contributed by atoms with Crippen LogP contribution in [0.4, 0.5) is 0 Å². The molecule has 0 unspecified atom stereocenters. The van der Waals surface area contributed by atoms with Crippen LogP contribution in [0.25, 0.3) is 0 Å². The largest absolute Gasteiger partial charge is 0.482 e. The Kier molecular flexibility index (Phi) is 6.35. The standard InChI is InChI=1S/C18H15NO5/c19-12-14-6-8-16(9-7-14)24-13-17(20)22-10-11-23-18(21)15-4-2-1-3-5-15/h1-9H,10-11,13H2. The van der Waals surface area contributed by atoms with E-state index in [0.29, 0.717) is 16.9 Å². The summed E-state index contributed by atoms with van der Waals surface area (Å²) in [7, 11) is 0. The first-order valence-electron chi connectivity index (χ1n) is 7.20. The Morgan fingerprint density at radius 2 is 1.58 bits per heavy atom. The molecule has 6 heteroatoms. The van der Waals surface area contributed by atoms with Crippen molar-refractivity contribution in [3.05, 3.63) is 65.7 Å². The highest BCUT2D eigenvalue weighted by atomic mass is 16.6. The van der Waals surface area contributed by atoms with Gasteiger partial charge in [-0.1, -0.05) is 18.2 Å². The Morgan fingerprint density at radius 1 is 0.917 bits per heavy atom. The third-order valence-corrected chi connectivity index (χ3v) is 2.93. The van der Waals surface area contributed by atoms with E-state index >= 15 is 0 Å². The van der Waals surface area contributed by atoms with Crippen LogP contribution in [0.1, 0.15) is 15.9 Å². The summed E-state index contributed by atoms with van der Waals surface area (Å²) in [4.78, 5) is 23.2. The van der Waals surface area contributed by atoms with E-state index in [9.17, 15) is 9.59 Å². The molecule has 24 heavy (non-hydrogen) atoms. The smallest absolute Gasteiger partial charge is 0.344 e. The zero-order valence-corrected chi connectivity index (χ0v) is 12.8. The van der Waals surface area contributed by atoms with Gasteiger partial charge in [0.2, 0.25) is 0 Å². The monoisotopic (exact) mass is 325 g/mol. The maximum absolute atomic E-state index is 11.6. The normalized spacial score (nSPS) is 9.62. The summed E-state index contributed by atoms with van der Waals surface area (Å²) >= 11 is 0. The quantitative estimate of drug-likeness (QED) is 0.574. The van der Waals surface area contributed by atoms with Crippen LogP contribution in [0.2, 0.25) is 0 Å². The fourth-order valence-electron chi connectivity index (χ4n) is 1.76. The highest BCUT2D eigenvalue weighted by molar-refractivity contribution is 5.89. The third-order valence-electron chi connectivity index (χ3n) is 2.93. The minimum Gasteiger partial charge on any atom is -0.482 e. The molecule has 0 radical (unpaired) electrons. The zero-order valence-electron chi connectivity index (χ0n) is 12.8. The number of benzene rings is 2. The summed E-state index contributed by atoms with van der Waals surface area (Å²) in [6.07, 6.45) is 0. The predicted octanol–water partition coefficient (Wildman–Crippen LogP) is 2.34. The van der Waals surface area contributed by atoms with Gasteiger partial charge in [0.25, 0.3) is 0 Å². The lowest BCUT2D eigenvalue weighted by molar-refractivity contribution is -0.147. The summed E-state index contributed by atoms with van der Waals surface area (Å²) < 4.78 is 15.1. The zero-order chi connectivity index (χ0) is 17.2. The van der Waals surface area contributed by atoms with Crippen LogP contribution in [0.5, 0.6) is 5.75 Å². The van der Waals surface area contributed by atoms with E-state index in [0.717, 1.165) is 0 Å². The topological polar surface area (TPSA) is 85.6 Å². The van der Waals surface area contributed by atoms with Crippen LogP contribution in [0.15, 0.2) is 54.6 Å². The number of carbonyl (C=O) groups is 2. The van der Waals surface area contributed by atoms with Gasteiger partial charge >= 0.3 is 11.9 Å². The van der Waals surface area contributed by atoms with Gasteiger partial charge in [0, 0.05) is 0 Å². The van der Waals surface area contributed by atoms with Gasteiger partial charge in [0.05, 0.1) is 17.2 Å². The highest BCUT2D eigenvalue weighted by Crippen LogP contribution is 2.11. The number of esters is 2. The van der Waals surface area contributed by atoms with Crippen LogP contribution in [-0.4, -0.2) is 31.8 Å². The molecule has 0 amide bonds. The first kappa shape index (κ1) is 17.0. The summed E-state index contributed by atoms with van der Waals surface area (Å²) in [6.45, 7) is -0.344.